The number of nitrogens with one attached hydrogen (secondary N) is 1. The van der Waals surface area contributed by atoms with Gasteiger partial charge in [-0.1, -0.05) is 6.07 Å². The molecule has 1 N–H and O–H groups in total. The van der Waals surface area contributed by atoms with Crippen LogP contribution in [0.15, 0.2) is 18.2 Å². The van der Waals surface area contributed by atoms with Gasteiger partial charge in [-0.2, -0.15) is 5.26 Å². The van der Waals surface area contributed by atoms with E-state index >= 15 is 0 Å². The average molecular weight is 271 g/mol. The van der Waals surface area contributed by atoms with Crippen LogP contribution >= 0.6 is 0 Å². The summed E-state index contributed by atoms with van der Waals surface area (Å²) >= 11 is 0. The minimum Gasteiger partial charge on any atom is -0.374 e. The van der Waals surface area contributed by atoms with Crippen molar-refractivity contribution in [3.8, 4) is 6.07 Å². The lowest BCUT2D eigenvalue weighted by molar-refractivity contribution is 0.0256. The Morgan fingerprint density at radius 1 is 1.45 bits per heavy atom. The zero-order valence-electron chi connectivity index (χ0n) is 11.9. The van der Waals surface area contributed by atoms with E-state index in [1.54, 1.807) is 0 Å². The van der Waals surface area contributed by atoms with Gasteiger partial charge < -0.3 is 15.0 Å². The van der Waals surface area contributed by atoms with E-state index < -0.39 is 0 Å². The minimum absolute atomic E-state index is 0.354. The summed E-state index contributed by atoms with van der Waals surface area (Å²) in [6.45, 7) is 2.45. The Kier molecular flexibility index (Phi) is 3.90. The minimum atomic E-state index is 0.354. The van der Waals surface area contributed by atoms with E-state index in [1.165, 1.54) is 12.8 Å². The van der Waals surface area contributed by atoms with Gasteiger partial charge in [0.1, 0.15) is 6.07 Å². The van der Waals surface area contributed by atoms with Crippen LogP contribution in [0.2, 0.25) is 0 Å². The number of fused-ring (bicyclic) bond motifs is 1. The molecule has 2 aliphatic rings. The zero-order chi connectivity index (χ0) is 13.9. The lowest BCUT2D eigenvalue weighted by atomic mass is 10.0. The van der Waals surface area contributed by atoms with Gasteiger partial charge in [0.2, 0.25) is 0 Å². The summed E-state index contributed by atoms with van der Waals surface area (Å²) in [5, 5.41) is 12.6. The molecule has 2 unspecified atom stereocenters. The van der Waals surface area contributed by atoms with Crippen LogP contribution in [0, 0.1) is 11.3 Å². The van der Waals surface area contributed by atoms with Gasteiger partial charge in [0, 0.05) is 13.1 Å². The van der Waals surface area contributed by atoms with Crippen molar-refractivity contribution in [2.45, 2.75) is 38.0 Å². The van der Waals surface area contributed by atoms with Crippen LogP contribution in [0.3, 0.4) is 0 Å². The summed E-state index contributed by atoms with van der Waals surface area (Å²) in [6.07, 6.45) is 3.91. The molecule has 1 saturated heterocycles. The van der Waals surface area contributed by atoms with Gasteiger partial charge in [0.25, 0.3) is 0 Å². The summed E-state index contributed by atoms with van der Waals surface area (Å²) < 4.78 is 5.85. The molecule has 0 radical (unpaired) electrons. The molecule has 0 spiro atoms. The van der Waals surface area contributed by atoms with E-state index in [0.29, 0.717) is 12.1 Å². The molecule has 0 aromatic heterocycles. The molecule has 1 aliphatic carbocycles. The second-order valence-electron chi connectivity index (χ2n) is 5.59. The van der Waals surface area contributed by atoms with Gasteiger partial charge in [-0.05, 0) is 44.0 Å². The lowest BCUT2D eigenvalue weighted by Crippen LogP contribution is -2.49. The smallest absolute Gasteiger partial charge is 0.101 e. The van der Waals surface area contributed by atoms with Crippen molar-refractivity contribution in [1.82, 2.24) is 5.32 Å². The summed E-state index contributed by atoms with van der Waals surface area (Å²) in [5.74, 6) is 0. The fourth-order valence-electron chi connectivity index (χ4n) is 3.46. The average Bonchev–Trinajstić information content (AvgIpc) is 2.96. The maximum Gasteiger partial charge on any atom is 0.101 e. The quantitative estimate of drug-likeness (QED) is 0.914. The SMILES string of the molecule is CNCc1ccc(N2CCOC3CCCC32)c(C#N)c1. The van der Waals surface area contributed by atoms with Crippen molar-refractivity contribution < 1.29 is 4.74 Å². The molecule has 1 saturated carbocycles. The number of morpholine rings is 1. The first kappa shape index (κ1) is 13.4. The van der Waals surface area contributed by atoms with Gasteiger partial charge in [0.05, 0.1) is 30.0 Å². The Bertz CT molecular complexity index is 523. The summed E-state index contributed by atoms with van der Waals surface area (Å²) in [6, 6.07) is 9.04. The maximum absolute atomic E-state index is 9.45. The number of anilines is 1. The molecule has 4 heteroatoms. The third-order valence-electron chi connectivity index (χ3n) is 4.35. The van der Waals surface area contributed by atoms with Crippen molar-refractivity contribution in [1.29, 1.82) is 5.26 Å². The predicted octanol–water partition coefficient (Wildman–Crippen LogP) is 2.04. The lowest BCUT2D eigenvalue weighted by Gasteiger charge is -2.39. The van der Waals surface area contributed by atoms with Crippen LogP contribution < -0.4 is 10.2 Å². The van der Waals surface area contributed by atoms with E-state index in [-0.39, 0.29) is 0 Å². The van der Waals surface area contributed by atoms with Crippen LogP contribution in [0.1, 0.15) is 30.4 Å². The highest BCUT2D eigenvalue weighted by molar-refractivity contribution is 5.61. The number of hydrogen-bond acceptors (Lipinski definition) is 4. The van der Waals surface area contributed by atoms with Gasteiger partial charge in [0.15, 0.2) is 0 Å². The van der Waals surface area contributed by atoms with E-state index in [9.17, 15) is 5.26 Å². The van der Waals surface area contributed by atoms with E-state index in [0.717, 1.165) is 42.9 Å². The zero-order valence-corrected chi connectivity index (χ0v) is 11.9. The van der Waals surface area contributed by atoms with Crippen LogP contribution in [0.25, 0.3) is 0 Å². The van der Waals surface area contributed by atoms with E-state index in [2.05, 4.69) is 28.4 Å². The predicted molar refractivity (Wildman–Crippen MR) is 78.6 cm³/mol. The number of hydrogen-bond donors (Lipinski definition) is 1. The van der Waals surface area contributed by atoms with Crippen LogP contribution in [-0.2, 0) is 11.3 Å². The molecule has 1 heterocycles. The van der Waals surface area contributed by atoms with Gasteiger partial charge in [-0.25, -0.2) is 0 Å². The highest BCUT2D eigenvalue weighted by atomic mass is 16.5. The van der Waals surface area contributed by atoms with Crippen molar-refractivity contribution in [3.63, 3.8) is 0 Å². The molecule has 4 nitrogen and oxygen atoms in total. The van der Waals surface area contributed by atoms with Gasteiger partial charge >= 0.3 is 0 Å². The number of benzene rings is 1. The second-order valence-corrected chi connectivity index (χ2v) is 5.59. The Morgan fingerprint density at radius 3 is 3.15 bits per heavy atom. The highest BCUT2D eigenvalue weighted by Gasteiger charge is 2.36. The van der Waals surface area contributed by atoms with E-state index in [4.69, 9.17) is 4.74 Å². The molecular formula is C16H21N3O. The molecule has 106 valence electrons. The highest BCUT2D eigenvalue weighted by Crippen LogP contribution is 2.34. The number of nitrogens with zero attached hydrogens (tertiary/aromatic N) is 2. The molecule has 1 aromatic rings. The van der Waals surface area contributed by atoms with Crippen LogP contribution in [0.5, 0.6) is 0 Å². The second kappa shape index (κ2) is 5.82. The standard InChI is InChI=1S/C16H21N3O/c1-18-11-12-5-6-14(13(9-12)10-17)19-7-8-20-16-4-2-3-15(16)19/h5-6,9,15-16,18H,2-4,7-8,11H2,1H3. The Balaban J connectivity index is 1.90. The molecule has 1 aliphatic heterocycles. The number of ether oxygens (including phenoxy) is 1. The summed E-state index contributed by atoms with van der Waals surface area (Å²) in [5.41, 5.74) is 3.02. The fourth-order valence-corrected chi connectivity index (χ4v) is 3.46. The van der Waals surface area contributed by atoms with Crippen LogP contribution in [-0.4, -0.2) is 32.3 Å². The third-order valence-corrected chi connectivity index (χ3v) is 4.35. The van der Waals surface area contributed by atoms with Crippen molar-refractivity contribution >= 4 is 5.69 Å². The molecule has 3 rings (SSSR count). The monoisotopic (exact) mass is 271 g/mol. The largest absolute Gasteiger partial charge is 0.374 e. The van der Waals surface area contributed by atoms with E-state index in [1.807, 2.05) is 13.1 Å². The third kappa shape index (κ3) is 2.39. The Hall–Kier alpha value is -1.57. The molecule has 0 amide bonds. The summed E-state index contributed by atoms with van der Waals surface area (Å²) in [4.78, 5) is 2.39. The fraction of sp³-hybridized carbons (Fsp3) is 0.562. The molecular weight excluding hydrogens is 250 g/mol. The van der Waals surface area contributed by atoms with Gasteiger partial charge in [-0.15, -0.1) is 0 Å². The normalized spacial score (nSPS) is 25.3. The Morgan fingerprint density at radius 2 is 2.35 bits per heavy atom. The molecule has 0 bridgehead atoms. The number of rotatable bonds is 3. The van der Waals surface area contributed by atoms with Crippen molar-refractivity contribution in [3.05, 3.63) is 29.3 Å². The van der Waals surface area contributed by atoms with Gasteiger partial charge in [-0.3, -0.25) is 0 Å². The number of nitriles is 1. The summed E-state index contributed by atoms with van der Waals surface area (Å²) in [7, 11) is 1.92. The molecule has 2 fully saturated rings. The first-order valence-electron chi connectivity index (χ1n) is 7.39. The van der Waals surface area contributed by atoms with Crippen molar-refractivity contribution in [2.75, 3.05) is 25.1 Å². The molecule has 20 heavy (non-hydrogen) atoms. The first-order valence-corrected chi connectivity index (χ1v) is 7.39. The molecule has 2 atom stereocenters. The maximum atomic E-state index is 9.45. The van der Waals surface area contributed by atoms with Crippen molar-refractivity contribution in [2.24, 2.45) is 0 Å². The topological polar surface area (TPSA) is 48.3 Å². The Labute approximate surface area is 120 Å². The molecule has 1 aromatic carbocycles. The van der Waals surface area contributed by atoms with Crippen LogP contribution in [0.4, 0.5) is 5.69 Å². The first-order chi connectivity index (χ1) is 9.83.